The number of nitrogens with zero attached hydrogens (tertiary/aromatic N) is 2. The van der Waals surface area contributed by atoms with Gasteiger partial charge < -0.3 is 10.1 Å². The fourth-order valence-electron chi connectivity index (χ4n) is 1.95. The van der Waals surface area contributed by atoms with E-state index in [1.165, 1.54) is 4.88 Å². The Hall–Kier alpha value is -0.650. The van der Waals surface area contributed by atoms with Gasteiger partial charge in [-0.3, -0.25) is 4.90 Å². The Morgan fingerprint density at radius 1 is 1.65 bits per heavy atom. The molecule has 0 bridgehead atoms. The fourth-order valence-corrected chi connectivity index (χ4v) is 2.83. The molecular weight excluding hydrogens is 234 g/mol. The van der Waals surface area contributed by atoms with Gasteiger partial charge >= 0.3 is 0 Å². The zero-order valence-corrected chi connectivity index (χ0v) is 11.4. The molecule has 4 nitrogen and oxygen atoms in total. The maximum atomic E-state index is 5.54. The van der Waals surface area contributed by atoms with Crippen LogP contribution in [0.2, 0.25) is 0 Å². The first-order valence-corrected chi connectivity index (χ1v) is 7.12. The minimum Gasteiger partial charge on any atom is -0.376 e. The molecule has 1 fully saturated rings. The van der Waals surface area contributed by atoms with Gasteiger partial charge in [0.05, 0.1) is 12.7 Å². The smallest absolute Gasteiger partial charge is 0.182 e. The van der Waals surface area contributed by atoms with Crippen LogP contribution in [0.3, 0.4) is 0 Å². The molecule has 0 aromatic carbocycles. The number of nitrogens with one attached hydrogen (secondary N) is 1. The molecule has 0 radical (unpaired) electrons. The zero-order chi connectivity index (χ0) is 12.1. The molecule has 0 spiro atoms. The van der Waals surface area contributed by atoms with Crippen molar-refractivity contribution in [3.8, 4) is 0 Å². The van der Waals surface area contributed by atoms with Crippen LogP contribution in [0.15, 0.2) is 6.20 Å². The van der Waals surface area contributed by atoms with Crippen molar-refractivity contribution in [2.75, 3.05) is 31.6 Å². The van der Waals surface area contributed by atoms with Crippen LogP contribution in [-0.2, 0) is 11.3 Å². The third-order valence-electron chi connectivity index (χ3n) is 2.78. The molecule has 0 saturated carbocycles. The number of anilines is 1. The highest BCUT2D eigenvalue weighted by molar-refractivity contribution is 7.15. The minimum atomic E-state index is 0.356. The van der Waals surface area contributed by atoms with Crippen molar-refractivity contribution in [3.63, 3.8) is 0 Å². The summed E-state index contributed by atoms with van der Waals surface area (Å²) in [7, 11) is 0. The van der Waals surface area contributed by atoms with Gasteiger partial charge in [-0.05, 0) is 13.3 Å². The van der Waals surface area contributed by atoms with Crippen molar-refractivity contribution in [1.29, 1.82) is 0 Å². The predicted molar refractivity (Wildman–Crippen MR) is 71.6 cm³/mol. The first-order chi connectivity index (χ1) is 8.28. The van der Waals surface area contributed by atoms with Crippen molar-refractivity contribution in [2.45, 2.75) is 32.9 Å². The van der Waals surface area contributed by atoms with E-state index in [4.69, 9.17) is 4.74 Å². The van der Waals surface area contributed by atoms with Crippen molar-refractivity contribution < 1.29 is 4.74 Å². The number of aromatic nitrogens is 1. The number of thiazole rings is 1. The molecule has 17 heavy (non-hydrogen) atoms. The standard InChI is InChI=1S/C12H21N3OS/c1-3-4-13-12-14-7-11(17-12)9-15-5-6-16-10(2)8-15/h7,10H,3-6,8-9H2,1-2H3,(H,13,14). The third kappa shape index (κ3) is 3.94. The lowest BCUT2D eigenvalue weighted by molar-refractivity contribution is -0.0209. The van der Waals surface area contributed by atoms with Gasteiger partial charge in [-0.1, -0.05) is 6.92 Å². The Balaban J connectivity index is 1.83. The van der Waals surface area contributed by atoms with Crippen LogP contribution in [0.4, 0.5) is 5.13 Å². The number of ether oxygens (including phenoxy) is 1. The van der Waals surface area contributed by atoms with E-state index in [0.29, 0.717) is 6.10 Å². The van der Waals surface area contributed by atoms with E-state index in [-0.39, 0.29) is 0 Å². The first-order valence-electron chi connectivity index (χ1n) is 6.30. The topological polar surface area (TPSA) is 37.4 Å². The summed E-state index contributed by atoms with van der Waals surface area (Å²) >= 11 is 1.76. The predicted octanol–water partition coefficient (Wildman–Crippen LogP) is 2.19. The lowest BCUT2D eigenvalue weighted by Gasteiger charge is -2.30. The van der Waals surface area contributed by atoms with Crippen molar-refractivity contribution in [2.24, 2.45) is 0 Å². The average molecular weight is 255 g/mol. The molecule has 2 heterocycles. The monoisotopic (exact) mass is 255 g/mol. The van der Waals surface area contributed by atoms with Crippen molar-refractivity contribution in [3.05, 3.63) is 11.1 Å². The maximum absolute atomic E-state index is 5.54. The van der Waals surface area contributed by atoms with Gasteiger partial charge in [0.1, 0.15) is 0 Å². The number of rotatable bonds is 5. The van der Waals surface area contributed by atoms with E-state index in [2.05, 4.69) is 29.0 Å². The molecular formula is C12H21N3OS. The first kappa shape index (κ1) is 12.8. The van der Waals surface area contributed by atoms with Gasteiger partial charge in [-0.25, -0.2) is 4.98 Å². The largest absolute Gasteiger partial charge is 0.376 e. The van der Waals surface area contributed by atoms with E-state index in [9.17, 15) is 0 Å². The molecule has 0 aliphatic carbocycles. The van der Waals surface area contributed by atoms with E-state index in [0.717, 1.165) is 44.3 Å². The Morgan fingerprint density at radius 2 is 2.53 bits per heavy atom. The quantitative estimate of drug-likeness (QED) is 0.875. The third-order valence-corrected chi connectivity index (χ3v) is 3.72. The molecule has 1 atom stereocenters. The minimum absolute atomic E-state index is 0.356. The number of hydrogen-bond donors (Lipinski definition) is 1. The number of morpholine rings is 1. The lowest BCUT2D eigenvalue weighted by Crippen LogP contribution is -2.40. The van der Waals surface area contributed by atoms with Crippen LogP contribution in [-0.4, -0.2) is 42.2 Å². The molecule has 1 aromatic rings. The molecule has 1 N–H and O–H groups in total. The zero-order valence-electron chi connectivity index (χ0n) is 10.6. The normalized spacial score (nSPS) is 21.6. The Morgan fingerprint density at radius 3 is 3.29 bits per heavy atom. The van der Waals surface area contributed by atoms with E-state index in [1.54, 1.807) is 11.3 Å². The summed E-state index contributed by atoms with van der Waals surface area (Å²) in [6.45, 7) is 9.20. The molecule has 1 aliphatic rings. The van der Waals surface area contributed by atoms with Crippen LogP contribution >= 0.6 is 11.3 Å². The lowest BCUT2D eigenvalue weighted by atomic mass is 10.3. The average Bonchev–Trinajstić information content (AvgIpc) is 2.74. The number of hydrogen-bond acceptors (Lipinski definition) is 5. The molecule has 1 aliphatic heterocycles. The van der Waals surface area contributed by atoms with Gasteiger partial charge in [0, 0.05) is 37.3 Å². The summed E-state index contributed by atoms with van der Waals surface area (Å²) in [5, 5.41) is 4.37. The van der Waals surface area contributed by atoms with Gasteiger partial charge in [0.2, 0.25) is 0 Å². The van der Waals surface area contributed by atoms with Gasteiger partial charge in [-0.15, -0.1) is 11.3 Å². The van der Waals surface area contributed by atoms with Crippen LogP contribution < -0.4 is 5.32 Å². The molecule has 5 heteroatoms. The Labute approximate surface area is 107 Å². The molecule has 0 amide bonds. The van der Waals surface area contributed by atoms with Gasteiger partial charge in [0.15, 0.2) is 5.13 Å². The highest BCUT2D eigenvalue weighted by Gasteiger charge is 2.17. The van der Waals surface area contributed by atoms with Crippen molar-refractivity contribution >= 4 is 16.5 Å². The Kier molecular flexibility index (Phi) is 4.76. The summed E-state index contributed by atoms with van der Waals surface area (Å²) in [6, 6.07) is 0. The van der Waals surface area contributed by atoms with Crippen molar-refractivity contribution in [1.82, 2.24) is 9.88 Å². The highest BCUT2D eigenvalue weighted by atomic mass is 32.1. The van der Waals surface area contributed by atoms with E-state index < -0.39 is 0 Å². The highest BCUT2D eigenvalue weighted by Crippen LogP contribution is 2.20. The summed E-state index contributed by atoms with van der Waals surface area (Å²) < 4.78 is 5.54. The molecule has 96 valence electrons. The maximum Gasteiger partial charge on any atom is 0.182 e. The van der Waals surface area contributed by atoms with Gasteiger partial charge in [0.25, 0.3) is 0 Å². The van der Waals surface area contributed by atoms with E-state index in [1.807, 2.05) is 6.20 Å². The second-order valence-corrected chi connectivity index (χ2v) is 5.59. The summed E-state index contributed by atoms with van der Waals surface area (Å²) in [4.78, 5) is 8.15. The van der Waals surface area contributed by atoms with Crippen LogP contribution in [0.25, 0.3) is 0 Å². The molecule has 1 unspecified atom stereocenters. The fraction of sp³-hybridized carbons (Fsp3) is 0.750. The van der Waals surface area contributed by atoms with Crippen LogP contribution in [0.5, 0.6) is 0 Å². The Bertz CT molecular complexity index is 342. The van der Waals surface area contributed by atoms with E-state index >= 15 is 0 Å². The SMILES string of the molecule is CCCNc1ncc(CN2CCOC(C)C2)s1. The molecule has 1 aromatic heterocycles. The van der Waals surface area contributed by atoms with Crippen LogP contribution in [0.1, 0.15) is 25.1 Å². The molecule has 1 saturated heterocycles. The molecule has 2 rings (SSSR count). The summed E-state index contributed by atoms with van der Waals surface area (Å²) in [6.07, 6.45) is 3.48. The second-order valence-electron chi connectivity index (χ2n) is 4.48. The van der Waals surface area contributed by atoms with Crippen LogP contribution in [0, 0.1) is 0 Å². The summed E-state index contributed by atoms with van der Waals surface area (Å²) in [5.41, 5.74) is 0. The summed E-state index contributed by atoms with van der Waals surface area (Å²) in [5.74, 6) is 0. The van der Waals surface area contributed by atoms with Gasteiger partial charge in [-0.2, -0.15) is 0 Å². The second kappa shape index (κ2) is 6.33.